The van der Waals surface area contributed by atoms with E-state index in [0.29, 0.717) is 0 Å². The Morgan fingerprint density at radius 1 is 0.647 bits per heavy atom. The summed E-state index contributed by atoms with van der Waals surface area (Å²) in [5, 5.41) is 33.2. The molecule has 3 N–H and O–H groups in total. The highest BCUT2D eigenvalue weighted by atomic mass is 17.2. The lowest BCUT2D eigenvalue weighted by Gasteiger charge is -2.15. The molecule has 0 saturated heterocycles. The van der Waals surface area contributed by atoms with Gasteiger partial charge in [0, 0.05) is 18.2 Å². The molecule has 3 aromatic carbocycles. The van der Waals surface area contributed by atoms with Crippen LogP contribution in [-0.4, -0.2) is 74.2 Å². The zero-order chi connectivity index (χ0) is 37.1. The number of phenols is 3. The van der Waals surface area contributed by atoms with Crippen LogP contribution in [0.1, 0.15) is 41.5 Å². The van der Waals surface area contributed by atoms with E-state index >= 15 is 0 Å². The van der Waals surface area contributed by atoms with E-state index in [4.69, 9.17) is 33.5 Å². The molecule has 4 rings (SSSR count). The number of aromatic nitrogens is 3. The molecule has 2 unspecified atom stereocenters. The van der Waals surface area contributed by atoms with Crippen molar-refractivity contribution in [3.8, 4) is 68.7 Å². The summed E-state index contributed by atoms with van der Waals surface area (Å²) < 4.78 is 26.8. The number of ether oxygens (including phenoxy) is 5. The van der Waals surface area contributed by atoms with Crippen LogP contribution >= 0.6 is 0 Å². The Labute approximate surface area is 293 Å². The first-order chi connectivity index (χ1) is 24.5. The van der Waals surface area contributed by atoms with E-state index in [1.54, 1.807) is 33.8 Å². The van der Waals surface area contributed by atoms with Crippen LogP contribution < -0.4 is 14.2 Å². The van der Waals surface area contributed by atoms with E-state index < -0.39 is 24.1 Å². The number of esters is 2. The Balaban J connectivity index is 1.76. The monoisotopic (exact) mass is 705 g/mol. The first-order valence-corrected chi connectivity index (χ1v) is 16.0. The average molecular weight is 706 g/mol. The molecule has 0 aliphatic heterocycles. The number of allylic oxidation sites excluding steroid dienone is 1. The van der Waals surface area contributed by atoms with Gasteiger partial charge in [-0.1, -0.05) is 0 Å². The van der Waals surface area contributed by atoms with E-state index in [2.05, 4.69) is 15.0 Å². The van der Waals surface area contributed by atoms with Gasteiger partial charge in [-0.15, -0.1) is 0 Å². The maximum atomic E-state index is 12.1. The Bertz CT molecular complexity index is 1790. The van der Waals surface area contributed by atoms with Gasteiger partial charge in [-0.2, -0.15) is 4.89 Å². The highest BCUT2D eigenvalue weighted by Gasteiger charge is 2.22. The van der Waals surface area contributed by atoms with E-state index in [1.807, 2.05) is 0 Å². The van der Waals surface area contributed by atoms with Gasteiger partial charge in [-0.05, 0) is 84.0 Å². The summed E-state index contributed by atoms with van der Waals surface area (Å²) in [5.74, 6) is -1.48. The van der Waals surface area contributed by atoms with Gasteiger partial charge in [-0.3, -0.25) is 4.89 Å². The number of rotatable bonds is 16. The molecule has 1 aromatic heterocycles. The highest BCUT2D eigenvalue weighted by molar-refractivity contribution is 5.77. The van der Waals surface area contributed by atoms with E-state index in [9.17, 15) is 24.9 Å². The third-order valence-corrected chi connectivity index (χ3v) is 6.84. The first-order valence-electron chi connectivity index (χ1n) is 16.0. The quantitative estimate of drug-likeness (QED) is 0.0542. The van der Waals surface area contributed by atoms with Gasteiger partial charge in [0.1, 0.15) is 34.5 Å². The third kappa shape index (κ3) is 9.76. The lowest BCUT2D eigenvalue weighted by atomic mass is 10.1. The number of carbonyl (C=O) groups excluding carboxylic acids is 2. The van der Waals surface area contributed by atoms with Gasteiger partial charge < -0.3 is 39.0 Å². The van der Waals surface area contributed by atoms with Crippen molar-refractivity contribution >= 4 is 11.9 Å². The van der Waals surface area contributed by atoms with Crippen LogP contribution in [0, 0.1) is 0 Å². The van der Waals surface area contributed by atoms with Crippen LogP contribution in [0.2, 0.25) is 0 Å². The number of carbonyl (C=O) groups is 2. The molecular weight excluding hydrogens is 666 g/mol. The number of nitrogens with zero attached hydrogens (tertiary/aromatic N) is 3. The van der Waals surface area contributed by atoms with Crippen LogP contribution in [-0.2, 0) is 28.8 Å². The van der Waals surface area contributed by atoms with Crippen molar-refractivity contribution in [3.63, 3.8) is 0 Å². The molecule has 15 heteroatoms. The Hall–Kier alpha value is -6.09. The summed E-state index contributed by atoms with van der Waals surface area (Å²) in [4.78, 5) is 47.7. The maximum absolute atomic E-state index is 12.1. The minimum Gasteiger partial charge on any atom is -0.507 e. The molecule has 1 heterocycles. The molecule has 0 spiro atoms. The van der Waals surface area contributed by atoms with Crippen molar-refractivity contribution < 1.29 is 58.4 Å². The van der Waals surface area contributed by atoms with Crippen molar-refractivity contribution in [1.29, 1.82) is 0 Å². The van der Waals surface area contributed by atoms with E-state index in [-0.39, 0.29) is 94.4 Å². The summed E-state index contributed by atoms with van der Waals surface area (Å²) in [6.45, 7) is 10.5. The van der Waals surface area contributed by atoms with E-state index in [0.717, 1.165) is 0 Å². The minimum atomic E-state index is -0.939. The van der Waals surface area contributed by atoms with Crippen LogP contribution in [0.25, 0.3) is 34.2 Å². The van der Waals surface area contributed by atoms with Crippen molar-refractivity contribution in [2.24, 2.45) is 0 Å². The fraction of sp³-hybridized carbons (Fsp3) is 0.306. The van der Waals surface area contributed by atoms with Crippen LogP contribution in [0.5, 0.6) is 34.5 Å². The minimum absolute atomic E-state index is 0.0257. The smallest absolute Gasteiger partial charge is 0.347 e. The molecule has 51 heavy (non-hydrogen) atoms. The lowest BCUT2D eigenvalue weighted by Crippen LogP contribution is -2.26. The predicted octanol–water partition coefficient (Wildman–Crippen LogP) is 5.86. The normalized spacial score (nSPS) is 12.4. The first kappa shape index (κ1) is 37.7. The molecule has 270 valence electrons. The molecule has 0 bridgehead atoms. The zero-order valence-electron chi connectivity index (χ0n) is 28.9. The van der Waals surface area contributed by atoms with Crippen LogP contribution in [0.4, 0.5) is 0 Å². The standard InChI is InChI=1S/C36H39N3O12/c1-7-31(51-47-10-4)50-24-13-16-27(30(42)19-24)34-38-32(25-14-11-22(17-28(25)40)48-20(5)35(43)45-8-2)37-33(39-34)26-15-12-23(18-29(26)41)49-21(6)36(44)46-9-3/h7,11-21,40-42H,8-10H2,1-6H3/b31-7+. The number of benzene rings is 3. The number of hydrogen-bond donors (Lipinski definition) is 3. The van der Waals surface area contributed by atoms with Crippen LogP contribution in [0.15, 0.2) is 66.6 Å². The molecule has 0 aliphatic carbocycles. The van der Waals surface area contributed by atoms with Gasteiger partial charge in [0.2, 0.25) is 0 Å². The zero-order valence-corrected chi connectivity index (χ0v) is 28.9. The molecule has 15 nitrogen and oxygen atoms in total. The summed E-state index contributed by atoms with van der Waals surface area (Å²) in [7, 11) is 0. The summed E-state index contributed by atoms with van der Waals surface area (Å²) in [6.07, 6.45) is -0.346. The van der Waals surface area contributed by atoms with Gasteiger partial charge in [-0.25, -0.2) is 24.5 Å². The molecule has 2 atom stereocenters. The molecule has 0 aliphatic rings. The second kappa shape index (κ2) is 17.5. The Morgan fingerprint density at radius 2 is 1.04 bits per heavy atom. The molecule has 0 fully saturated rings. The molecule has 4 aromatic rings. The number of hydrogen-bond acceptors (Lipinski definition) is 15. The number of phenolic OH excluding ortho intramolecular Hbond substituents is 3. The van der Waals surface area contributed by atoms with E-state index in [1.165, 1.54) is 68.5 Å². The largest absolute Gasteiger partial charge is 0.507 e. The van der Waals surface area contributed by atoms with Crippen molar-refractivity contribution in [2.45, 2.75) is 53.8 Å². The SMILES string of the molecule is C/C=C(/OOCC)Oc1ccc(-c2nc(-c3ccc(OC(C)C(=O)OCC)cc3O)nc(-c3ccc(OC(C)C(=O)OCC)cc3O)n2)c(O)c1. The molecule has 0 saturated carbocycles. The van der Waals surface area contributed by atoms with Crippen LogP contribution in [0.3, 0.4) is 0 Å². The van der Waals surface area contributed by atoms with Gasteiger partial charge in [0.15, 0.2) is 29.7 Å². The fourth-order valence-corrected chi connectivity index (χ4v) is 4.43. The third-order valence-electron chi connectivity index (χ3n) is 6.84. The Morgan fingerprint density at radius 3 is 1.39 bits per heavy atom. The predicted molar refractivity (Wildman–Crippen MR) is 182 cm³/mol. The summed E-state index contributed by atoms with van der Waals surface area (Å²) >= 11 is 0. The Kier molecular flexibility index (Phi) is 13.0. The molecule has 0 amide bonds. The van der Waals surface area contributed by atoms with Crippen molar-refractivity contribution in [1.82, 2.24) is 15.0 Å². The van der Waals surface area contributed by atoms with Gasteiger partial charge in [0.05, 0.1) is 36.5 Å². The maximum Gasteiger partial charge on any atom is 0.347 e. The topological polar surface area (TPSA) is 198 Å². The number of aromatic hydroxyl groups is 3. The summed E-state index contributed by atoms with van der Waals surface area (Å²) in [5.41, 5.74) is 0.443. The van der Waals surface area contributed by atoms with Crippen molar-refractivity contribution in [3.05, 3.63) is 66.6 Å². The van der Waals surface area contributed by atoms with Gasteiger partial charge >= 0.3 is 17.9 Å². The fourth-order valence-electron chi connectivity index (χ4n) is 4.43. The van der Waals surface area contributed by atoms with Gasteiger partial charge in [0.25, 0.3) is 0 Å². The second-order valence-electron chi connectivity index (χ2n) is 10.6. The second-order valence-corrected chi connectivity index (χ2v) is 10.6. The molecular formula is C36H39N3O12. The van der Waals surface area contributed by atoms with Crippen molar-refractivity contribution in [2.75, 3.05) is 19.8 Å². The lowest BCUT2D eigenvalue weighted by molar-refractivity contribution is -0.279. The molecule has 0 radical (unpaired) electrons. The average Bonchev–Trinajstić information content (AvgIpc) is 3.10. The highest BCUT2D eigenvalue weighted by Crippen LogP contribution is 2.38. The summed E-state index contributed by atoms with van der Waals surface area (Å²) in [6, 6.07) is 12.9.